The molecule has 13 heavy (non-hydrogen) atoms. The van der Waals surface area contributed by atoms with Crippen LogP contribution in [0, 0.1) is 17.8 Å². The van der Waals surface area contributed by atoms with Crippen molar-refractivity contribution in [1.82, 2.24) is 5.32 Å². The van der Waals surface area contributed by atoms with Gasteiger partial charge in [0.25, 0.3) is 0 Å². The van der Waals surface area contributed by atoms with Crippen molar-refractivity contribution in [2.75, 3.05) is 0 Å². The normalized spacial score (nSPS) is 41.9. The second-order valence-corrected chi connectivity index (χ2v) is 4.44. The largest absolute Gasteiger partial charge is 0.353 e. The third kappa shape index (κ3) is 1.50. The van der Waals surface area contributed by atoms with Crippen molar-refractivity contribution in [2.24, 2.45) is 17.8 Å². The Morgan fingerprint density at radius 1 is 1.46 bits per heavy atom. The molecule has 0 unspecified atom stereocenters. The van der Waals surface area contributed by atoms with Gasteiger partial charge in [0.05, 0.1) is 0 Å². The van der Waals surface area contributed by atoms with Crippen LogP contribution in [0.3, 0.4) is 0 Å². The zero-order chi connectivity index (χ0) is 9.42. The summed E-state index contributed by atoms with van der Waals surface area (Å²) in [5.74, 6) is 2.27. The van der Waals surface area contributed by atoms with Crippen LogP contribution in [0.5, 0.6) is 0 Å². The monoisotopic (exact) mass is 179 g/mol. The number of nitrogens with one attached hydrogen (secondary N) is 1. The lowest BCUT2D eigenvalue weighted by Gasteiger charge is -2.27. The fraction of sp³-hybridized carbons (Fsp3) is 0.727. The van der Waals surface area contributed by atoms with Gasteiger partial charge in [-0.15, -0.1) is 6.58 Å². The van der Waals surface area contributed by atoms with E-state index >= 15 is 0 Å². The first kappa shape index (κ1) is 8.79. The molecule has 2 aliphatic carbocycles. The molecule has 72 valence electrons. The van der Waals surface area contributed by atoms with Crippen LogP contribution in [0.25, 0.3) is 0 Å². The summed E-state index contributed by atoms with van der Waals surface area (Å²) in [5.41, 5.74) is 0. The highest BCUT2D eigenvalue weighted by Gasteiger charge is 2.44. The van der Waals surface area contributed by atoms with Gasteiger partial charge in [-0.2, -0.15) is 0 Å². The van der Waals surface area contributed by atoms with Crippen LogP contribution in [0.1, 0.15) is 26.2 Å². The standard InChI is InChI=1S/C11H17NO/c1-3-9-4-8-5-10(9)11(6-8)12-7(2)13/h3,8-11H,1,4-6H2,2H3,(H,12,13)/t8-,9+,10-,11+/m1/s1. The highest BCUT2D eigenvalue weighted by atomic mass is 16.1. The van der Waals surface area contributed by atoms with E-state index in [2.05, 4.69) is 18.0 Å². The van der Waals surface area contributed by atoms with Gasteiger partial charge in [0.15, 0.2) is 0 Å². The highest BCUT2D eigenvalue weighted by Crippen LogP contribution is 2.48. The van der Waals surface area contributed by atoms with Gasteiger partial charge in [-0.05, 0) is 37.0 Å². The van der Waals surface area contributed by atoms with Crippen LogP contribution in [-0.2, 0) is 4.79 Å². The Morgan fingerprint density at radius 2 is 2.23 bits per heavy atom. The SMILES string of the molecule is C=C[C@H]1C[C@@H]2C[C@H]1[C@@H](NC(C)=O)C2. The van der Waals surface area contributed by atoms with Crippen LogP contribution < -0.4 is 5.32 Å². The van der Waals surface area contributed by atoms with E-state index in [1.54, 1.807) is 6.92 Å². The summed E-state index contributed by atoms with van der Waals surface area (Å²) in [6, 6.07) is 0.430. The van der Waals surface area contributed by atoms with Gasteiger partial charge in [-0.25, -0.2) is 0 Å². The first-order valence-electron chi connectivity index (χ1n) is 5.10. The number of carbonyl (C=O) groups excluding carboxylic acids is 1. The van der Waals surface area contributed by atoms with Crippen molar-refractivity contribution in [1.29, 1.82) is 0 Å². The maximum absolute atomic E-state index is 10.9. The predicted octanol–water partition coefficient (Wildman–Crippen LogP) is 1.72. The van der Waals surface area contributed by atoms with Gasteiger partial charge in [0.2, 0.25) is 5.91 Å². The molecule has 0 aromatic rings. The zero-order valence-corrected chi connectivity index (χ0v) is 8.12. The quantitative estimate of drug-likeness (QED) is 0.642. The average molecular weight is 179 g/mol. The Bertz CT molecular complexity index is 236. The third-order valence-corrected chi connectivity index (χ3v) is 3.56. The van der Waals surface area contributed by atoms with Gasteiger partial charge in [-0.1, -0.05) is 6.08 Å². The summed E-state index contributed by atoms with van der Waals surface area (Å²) >= 11 is 0. The van der Waals surface area contributed by atoms with Crippen molar-refractivity contribution in [3.05, 3.63) is 12.7 Å². The van der Waals surface area contributed by atoms with Crippen LogP contribution in [0.2, 0.25) is 0 Å². The lowest BCUT2D eigenvalue weighted by atomic mass is 9.85. The molecule has 0 saturated heterocycles. The summed E-state index contributed by atoms with van der Waals surface area (Å²) in [4.78, 5) is 10.9. The van der Waals surface area contributed by atoms with E-state index in [0.717, 1.165) is 5.92 Å². The molecular weight excluding hydrogens is 162 g/mol. The summed E-state index contributed by atoms with van der Waals surface area (Å²) in [6.45, 7) is 5.47. The minimum absolute atomic E-state index is 0.111. The van der Waals surface area contributed by atoms with Crippen molar-refractivity contribution in [3.63, 3.8) is 0 Å². The number of hydrogen-bond donors (Lipinski definition) is 1. The summed E-state index contributed by atoms with van der Waals surface area (Å²) in [5, 5.41) is 3.05. The molecule has 2 heteroatoms. The Hall–Kier alpha value is -0.790. The minimum atomic E-state index is 0.111. The predicted molar refractivity (Wildman–Crippen MR) is 52.1 cm³/mol. The number of allylic oxidation sites excluding steroid dienone is 1. The first-order chi connectivity index (χ1) is 6.20. The first-order valence-corrected chi connectivity index (χ1v) is 5.10. The van der Waals surface area contributed by atoms with Gasteiger partial charge in [-0.3, -0.25) is 4.79 Å². The molecule has 2 bridgehead atoms. The Balaban J connectivity index is 2.01. The molecule has 0 aromatic carbocycles. The molecule has 4 atom stereocenters. The molecule has 2 nitrogen and oxygen atoms in total. The molecule has 2 saturated carbocycles. The molecule has 0 heterocycles. The molecule has 2 aliphatic rings. The maximum atomic E-state index is 10.9. The molecular formula is C11H17NO. The van der Waals surface area contributed by atoms with Crippen molar-refractivity contribution >= 4 is 5.91 Å². The summed E-state index contributed by atoms with van der Waals surface area (Å²) in [7, 11) is 0. The molecule has 2 fully saturated rings. The topological polar surface area (TPSA) is 29.1 Å². The average Bonchev–Trinajstić information content (AvgIpc) is 2.60. The molecule has 1 amide bonds. The lowest BCUT2D eigenvalue weighted by Crippen LogP contribution is -2.39. The van der Waals surface area contributed by atoms with E-state index < -0.39 is 0 Å². The fourth-order valence-electron chi connectivity index (χ4n) is 3.10. The van der Waals surface area contributed by atoms with Crippen LogP contribution in [0.15, 0.2) is 12.7 Å². The second-order valence-electron chi connectivity index (χ2n) is 4.44. The minimum Gasteiger partial charge on any atom is -0.353 e. The molecule has 1 N–H and O–H groups in total. The number of rotatable bonds is 2. The van der Waals surface area contributed by atoms with Crippen LogP contribution in [0.4, 0.5) is 0 Å². The van der Waals surface area contributed by atoms with Crippen LogP contribution in [-0.4, -0.2) is 11.9 Å². The highest BCUT2D eigenvalue weighted by molar-refractivity contribution is 5.73. The van der Waals surface area contributed by atoms with Gasteiger partial charge in [0, 0.05) is 13.0 Å². The Morgan fingerprint density at radius 3 is 2.77 bits per heavy atom. The molecule has 2 rings (SSSR count). The molecule has 0 aromatic heterocycles. The van der Waals surface area contributed by atoms with Gasteiger partial charge >= 0.3 is 0 Å². The third-order valence-electron chi connectivity index (χ3n) is 3.56. The summed E-state index contributed by atoms with van der Waals surface area (Å²) in [6.07, 6.45) is 5.85. The van der Waals surface area contributed by atoms with Crippen molar-refractivity contribution < 1.29 is 4.79 Å². The van der Waals surface area contributed by atoms with Gasteiger partial charge < -0.3 is 5.32 Å². The zero-order valence-electron chi connectivity index (χ0n) is 8.12. The van der Waals surface area contributed by atoms with Crippen molar-refractivity contribution in [2.45, 2.75) is 32.2 Å². The number of fused-ring (bicyclic) bond motifs is 2. The number of hydrogen-bond acceptors (Lipinski definition) is 1. The molecule has 0 aliphatic heterocycles. The molecule has 0 radical (unpaired) electrons. The van der Waals surface area contributed by atoms with E-state index in [-0.39, 0.29) is 5.91 Å². The molecule has 0 spiro atoms. The van der Waals surface area contributed by atoms with E-state index in [1.807, 2.05) is 0 Å². The van der Waals surface area contributed by atoms with Crippen LogP contribution >= 0.6 is 0 Å². The maximum Gasteiger partial charge on any atom is 0.217 e. The number of amides is 1. The van der Waals surface area contributed by atoms with E-state index in [4.69, 9.17) is 0 Å². The number of carbonyl (C=O) groups is 1. The Kier molecular flexibility index (Phi) is 2.14. The van der Waals surface area contributed by atoms with E-state index in [0.29, 0.717) is 17.9 Å². The smallest absolute Gasteiger partial charge is 0.217 e. The fourth-order valence-corrected chi connectivity index (χ4v) is 3.10. The second kappa shape index (κ2) is 3.17. The Labute approximate surface area is 79.4 Å². The van der Waals surface area contributed by atoms with Crippen molar-refractivity contribution in [3.8, 4) is 0 Å². The lowest BCUT2D eigenvalue weighted by molar-refractivity contribution is -0.120. The van der Waals surface area contributed by atoms with E-state index in [1.165, 1.54) is 19.3 Å². The summed E-state index contributed by atoms with van der Waals surface area (Å²) < 4.78 is 0. The van der Waals surface area contributed by atoms with E-state index in [9.17, 15) is 4.79 Å². The van der Waals surface area contributed by atoms with Gasteiger partial charge in [0.1, 0.15) is 0 Å².